The van der Waals surface area contributed by atoms with Gasteiger partial charge in [0, 0.05) is 25.8 Å². The molecule has 0 aliphatic heterocycles. The van der Waals surface area contributed by atoms with Crippen molar-refractivity contribution in [3.05, 3.63) is 23.8 Å². The van der Waals surface area contributed by atoms with Crippen molar-refractivity contribution in [1.29, 1.82) is 0 Å². The standard InChI is InChI=1S/C12H21N3O2S/c1-10-5-6-11(13)9-12(10)18(16,17)15(4)8-7-14(2)3/h5-6,9H,7-8,13H2,1-4H3. The van der Waals surface area contributed by atoms with Crippen molar-refractivity contribution in [3.63, 3.8) is 0 Å². The molecule has 5 nitrogen and oxygen atoms in total. The molecule has 1 aromatic rings. The summed E-state index contributed by atoms with van der Waals surface area (Å²) in [5, 5.41) is 0. The quantitative estimate of drug-likeness (QED) is 0.803. The monoisotopic (exact) mass is 271 g/mol. The van der Waals surface area contributed by atoms with Crippen molar-refractivity contribution in [1.82, 2.24) is 9.21 Å². The van der Waals surface area contributed by atoms with Gasteiger partial charge >= 0.3 is 0 Å². The average molecular weight is 271 g/mol. The van der Waals surface area contributed by atoms with Gasteiger partial charge in [-0.2, -0.15) is 4.31 Å². The first kappa shape index (κ1) is 14.9. The number of benzene rings is 1. The van der Waals surface area contributed by atoms with Crippen LogP contribution in [0.15, 0.2) is 23.1 Å². The Kier molecular flexibility index (Phi) is 4.72. The Bertz CT molecular complexity index is 512. The topological polar surface area (TPSA) is 66.6 Å². The molecule has 0 saturated carbocycles. The molecule has 1 rings (SSSR count). The van der Waals surface area contributed by atoms with Crippen molar-refractivity contribution >= 4 is 15.7 Å². The molecule has 18 heavy (non-hydrogen) atoms. The van der Waals surface area contributed by atoms with Crippen molar-refractivity contribution in [3.8, 4) is 0 Å². The molecule has 0 radical (unpaired) electrons. The highest BCUT2D eigenvalue weighted by Crippen LogP contribution is 2.21. The number of sulfonamides is 1. The summed E-state index contributed by atoms with van der Waals surface area (Å²) in [6.07, 6.45) is 0. The van der Waals surface area contributed by atoms with Crippen LogP contribution in [-0.4, -0.2) is 51.9 Å². The van der Waals surface area contributed by atoms with E-state index in [1.54, 1.807) is 26.1 Å². The minimum absolute atomic E-state index is 0.281. The van der Waals surface area contributed by atoms with Crippen molar-refractivity contribution in [2.75, 3.05) is 40.0 Å². The summed E-state index contributed by atoms with van der Waals surface area (Å²) in [4.78, 5) is 2.22. The average Bonchev–Trinajstić information content (AvgIpc) is 2.28. The van der Waals surface area contributed by atoms with Gasteiger partial charge in [-0.3, -0.25) is 0 Å². The maximum atomic E-state index is 12.4. The first-order valence-corrected chi connectivity index (χ1v) is 7.16. The van der Waals surface area contributed by atoms with Crippen LogP contribution in [0.4, 0.5) is 5.69 Å². The second kappa shape index (κ2) is 5.69. The summed E-state index contributed by atoms with van der Waals surface area (Å²) >= 11 is 0. The van der Waals surface area contributed by atoms with Crippen LogP contribution in [0.2, 0.25) is 0 Å². The molecule has 0 saturated heterocycles. The lowest BCUT2D eigenvalue weighted by Gasteiger charge is -2.20. The van der Waals surface area contributed by atoms with E-state index in [0.29, 0.717) is 24.3 Å². The highest BCUT2D eigenvalue weighted by molar-refractivity contribution is 7.89. The van der Waals surface area contributed by atoms with Crippen molar-refractivity contribution in [2.45, 2.75) is 11.8 Å². The first-order chi connectivity index (χ1) is 8.25. The zero-order valence-corrected chi connectivity index (χ0v) is 12.2. The van der Waals surface area contributed by atoms with E-state index in [-0.39, 0.29) is 4.90 Å². The maximum Gasteiger partial charge on any atom is 0.243 e. The van der Waals surface area contributed by atoms with Crippen LogP contribution >= 0.6 is 0 Å². The molecule has 0 aliphatic rings. The molecule has 2 N–H and O–H groups in total. The normalized spacial score (nSPS) is 12.3. The highest BCUT2D eigenvalue weighted by atomic mass is 32.2. The van der Waals surface area contributed by atoms with Gasteiger partial charge in [0.25, 0.3) is 0 Å². The lowest BCUT2D eigenvalue weighted by Crippen LogP contribution is -2.33. The van der Waals surface area contributed by atoms with Gasteiger partial charge in [0.15, 0.2) is 0 Å². The third kappa shape index (κ3) is 3.44. The SMILES string of the molecule is Cc1ccc(N)cc1S(=O)(=O)N(C)CCN(C)C. The van der Waals surface area contributed by atoms with Crippen LogP contribution in [0.3, 0.4) is 0 Å². The number of rotatable bonds is 5. The van der Waals surface area contributed by atoms with E-state index in [0.717, 1.165) is 0 Å². The largest absolute Gasteiger partial charge is 0.399 e. The second-order valence-corrected chi connectivity index (χ2v) is 6.67. The Hall–Kier alpha value is -1.11. The van der Waals surface area contributed by atoms with E-state index in [1.165, 1.54) is 10.4 Å². The summed E-state index contributed by atoms with van der Waals surface area (Å²) in [7, 11) is 1.94. The zero-order chi connectivity index (χ0) is 13.9. The van der Waals surface area contributed by atoms with E-state index < -0.39 is 10.0 Å². The van der Waals surface area contributed by atoms with Crippen molar-refractivity contribution in [2.24, 2.45) is 0 Å². The Morgan fingerprint density at radius 2 is 1.78 bits per heavy atom. The zero-order valence-electron chi connectivity index (χ0n) is 11.3. The fourth-order valence-corrected chi connectivity index (χ4v) is 2.94. The van der Waals surface area contributed by atoms with Crippen LogP contribution < -0.4 is 5.73 Å². The predicted molar refractivity (Wildman–Crippen MR) is 74.0 cm³/mol. The minimum atomic E-state index is -3.46. The summed E-state index contributed by atoms with van der Waals surface area (Å²) in [6.45, 7) is 2.90. The Morgan fingerprint density at radius 1 is 1.17 bits per heavy atom. The molecule has 102 valence electrons. The molecular weight excluding hydrogens is 250 g/mol. The molecule has 0 bridgehead atoms. The molecule has 0 aliphatic carbocycles. The maximum absolute atomic E-state index is 12.4. The number of hydrogen-bond donors (Lipinski definition) is 1. The number of anilines is 1. The summed E-state index contributed by atoms with van der Waals surface area (Å²) in [5.74, 6) is 0. The van der Waals surface area contributed by atoms with Gasteiger partial charge in [0.1, 0.15) is 0 Å². The molecule has 0 unspecified atom stereocenters. The summed E-state index contributed by atoms with van der Waals surface area (Å²) in [5.41, 5.74) is 6.82. The van der Waals surface area contributed by atoms with E-state index >= 15 is 0 Å². The number of hydrogen-bond acceptors (Lipinski definition) is 4. The van der Waals surface area contributed by atoms with E-state index in [4.69, 9.17) is 5.73 Å². The van der Waals surface area contributed by atoms with E-state index in [9.17, 15) is 8.42 Å². The second-order valence-electron chi connectivity index (χ2n) is 4.65. The Labute approximate surface area is 109 Å². The fourth-order valence-electron chi connectivity index (χ4n) is 1.52. The lowest BCUT2D eigenvalue weighted by atomic mass is 10.2. The van der Waals surface area contributed by atoms with Crippen LogP contribution in [0.5, 0.6) is 0 Å². The molecule has 0 heterocycles. The van der Waals surface area contributed by atoms with Crippen LogP contribution in [0.25, 0.3) is 0 Å². The number of nitrogens with two attached hydrogens (primary N) is 1. The van der Waals surface area contributed by atoms with Gasteiger partial charge in [0.05, 0.1) is 4.90 Å². The van der Waals surface area contributed by atoms with Gasteiger partial charge in [-0.05, 0) is 38.7 Å². The summed E-state index contributed by atoms with van der Waals surface area (Å²) in [6, 6.07) is 4.94. The highest BCUT2D eigenvalue weighted by Gasteiger charge is 2.22. The minimum Gasteiger partial charge on any atom is -0.399 e. The molecule has 0 atom stereocenters. The molecular formula is C12H21N3O2S. The van der Waals surface area contributed by atoms with E-state index in [1.807, 2.05) is 19.0 Å². The molecule has 1 aromatic carbocycles. The smallest absolute Gasteiger partial charge is 0.243 e. The predicted octanol–water partition coefficient (Wildman–Crippen LogP) is 0.759. The Morgan fingerprint density at radius 3 is 2.33 bits per heavy atom. The number of nitrogens with zero attached hydrogens (tertiary/aromatic N) is 2. The molecule has 0 spiro atoms. The third-order valence-electron chi connectivity index (χ3n) is 2.76. The van der Waals surface area contributed by atoms with Crippen LogP contribution in [-0.2, 0) is 10.0 Å². The Balaban J connectivity index is 3.02. The fraction of sp³-hybridized carbons (Fsp3) is 0.500. The lowest BCUT2D eigenvalue weighted by molar-refractivity contribution is 0.358. The van der Waals surface area contributed by atoms with Gasteiger partial charge in [-0.25, -0.2) is 8.42 Å². The van der Waals surface area contributed by atoms with Crippen LogP contribution in [0.1, 0.15) is 5.56 Å². The van der Waals surface area contributed by atoms with Gasteiger partial charge in [-0.15, -0.1) is 0 Å². The van der Waals surface area contributed by atoms with E-state index in [2.05, 4.69) is 0 Å². The molecule has 0 aromatic heterocycles. The number of nitrogen functional groups attached to an aromatic ring is 1. The molecule has 0 amide bonds. The summed E-state index contributed by atoms with van der Waals surface area (Å²) < 4.78 is 26.1. The van der Waals surface area contributed by atoms with Crippen LogP contribution in [0, 0.1) is 6.92 Å². The van der Waals surface area contributed by atoms with Gasteiger partial charge in [-0.1, -0.05) is 6.07 Å². The van der Waals surface area contributed by atoms with Crippen molar-refractivity contribution < 1.29 is 8.42 Å². The molecule has 0 fully saturated rings. The number of aryl methyl sites for hydroxylation is 1. The molecule has 6 heteroatoms. The van der Waals surface area contributed by atoms with Gasteiger partial charge in [0.2, 0.25) is 10.0 Å². The van der Waals surface area contributed by atoms with Gasteiger partial charge < -0.3 is 10.6 Å². The first-order valence-electron chi connectivity index (χ1n) is 5.72. The third-order valence-corrected chi connectivity index (χ3v) is 4.76. The number of likely N-dealkylation sites (N-methyl/N-ethyl adjacent to an activating group) is 2.